The van der Waals surface area contributed by atoms with Crippen molar-refractivity contribution in [1.82, 2.24) is 5.32 Å². The Kier molecular flexibility index (Phi) is 6.19. The second kappa shape index (κ2) is 9.22. The predicted octanol–water partition coefficient (Wildman–Crippen LogP) is 5.72. The molecule has 33 heavy (non-hydrogen) atoms. The molecule has 5 heteroatoms. The third-order valence-electron chi connectivity index (χ3n) is 5.48. The number of nitriles is 1. The lowest BCUT2D eigenvalue weighted by atomic mass is 9.86. The van der Waals surface area contributed by atoms with Crippen molar-refractivity contribution in [2.45, 2.75) is 27.2 Å². The van der Waals surface area contributed by atoms with Crippen LogP contribution in [0, 0.1) is 16.7 Å². The second-order valence-corrected chi connectivity index (χ2v) is 8.99. The quantitative estimate of drug-likeness (QED) is 0.518. The molecule has 3 aromatic carbocycles. The molecule has 0 fully saturated rings. The number of fused-ring (bicyclic) bond motifs is 1. The molecule has 3 aromatic rings. The molecule has 1 aliphatic rings. The number of benzene rings is 3. The first-order valence-corrected chi connectivity index (χ1v) is 10.8. The number of allylic oxidation sites excluding steroid dienone is 2. The molecule has 1 aliphatic heterocycles. The molecule has 1 N–H and O–H groups in total. The summed E-state index contributed by atoms with van der Waals surface area (Å²) >= 11 is 0. The summed E-state index contributed by atoms with van der Waals surface area (Å²) in [6.07, 6.45) is 0.819. The van der Waals surface area contributed by atoms with Crippen molar-refractivity contribution >= 4 is 11.5 Å². The number of nitrogens with one attached hydrogen (secondary N) is 1. The van der Waals surface area contributed by atoms with Crippen LogP contribution in [0.1, 0.15) is 47.8 Å². The second-order valence-electron chi connectivity index (χ2n) is 8.99. The molecule has 0 saturated carbocycles. The normalized spacial score (nSPS) is 13.2. The number of carbonyl (C=O) groups excluding carboxylic acids is 1. The number of amides is 1. The van der Waals surface area contributed by atoms with Gasteiger partial charge in [0.2, 0.25) is 6.79 Å². The van der Waals surface area contributed by atoms with Crippen molar-refractivity contribution in [3.8, 4) is 17.6 Å². The fourth-order valence-electron chi connectivity index (χ4n) is 3.73. The van der Waals surface area contributed by atoms with E-state index in [2.05, 4.69) is 23.5 Å². The van der Waals surface area contributed by atoms with Gasteiger partial charge in [-0.3, -0.25) is 4.79 Å². The molecule has 4 rings (SSSR count). The van der Waals surface area contributed by atoms with Crippen LogP contribution in [-0.4, -0.2) is 12.7 Å². The molecule has 0 atom stereocenters. The summed E-state index contributed by atoms with van der Waals surface area (Å²) in [5.74, 6) is 0.858. The maximum atomic E-state index is 13.1. The van der Waals surface area contributed by atoms with E-state index in [0.717, 1.165) is 17.5 Å². The van der Waals surface area contributed by atoms with Gasteiger partial charge in [-0.15, -0.1) is 0 Å². The van der Waals surface area contributed by atoms with Gasteiger partial charge in [-0.25, -0.2) is 0 Å². The average Bonchev–Trinajstić information content (AvgIpc) is 3.28. The number of ether oxygens (including phenoxy) is 2. The van der Waals surface area contributed by atoms with Crippen LogP contribution < -0.4 is 14.8 Å². The van der Waals surface area contributed by atoms with Gasteiger partial charge >= 0.3 is 0 Å². The zero-order valence-electron chi connectivity index (χ0n) is 19.0. The van der Waals surface area contributed by atoms with Gasteiger partial charge in [0.15, 0.2) is 11.5 Å². The fraction of sp³-hybridized carbons (Fsp3) is 0.214. The van der Waals surface area contributed by atoms with Crippen molar-refractivity contribution in [2.24, 2.45) is 5.41 Å². The Morgan fingerprint density at radius 2 is 1.55 bits per heavy atom. The highest BCUT2D eigenvalue weighted by molar-refractivity contribution is 5.97. The maximum Gasteiger partial charge on any atom is 0.255 e. The first kappa shape index (κ1) is 22.2. The molecule has 1 heterocycles. The van der Waals surface area contributed by atoms with Gasteiger partial charge in [-0.1, -0.05) is 75.4 Å². The highest BCUT2D eigenvalue weighted by atomic mass is 16.7. The van der Waals surface area contributed by atoms with E-state index in [4.69, 9.17) is 9.47 Å². The molecular formula is C28H26N2O3. The lowest BCUT2D eigenvalue weighted by Gasteiger charge is -2.25. The van der Waals surface area contributed by atoms with Gasteiger partial charge < -0.3 is 14.8 Å². The van der Waals surface area contributed by atoms with Gasteiger partial charge in [-0.05, 0) is 41.3 Å². The summed E-state index contributed by atoms with van der Waals surface area (Å²) in [6, 6.07) is 25.6. The Hall–Kier alpha value is -4.04. The summed E-state index contributed by atoms with van der Waals surface area (Å²) in [7, 11) is 0. The van der Waals surface area contributed by atoms with Gasteiger partial charge in [0.1, 0.15) is 6.07 Å². The number of rotatable bonds is 5. The smallest absolute Gasteiger partial charge is 0.255 e. The minimum atomic E-state index is -0.459. The molecule has 0 aliphatic carbocycles. The minimum absolute atomic E-state index is 0.145. The summed E-state index contributed by atoms with van der Waals surface area (Å²) in [4.78, 5) is 13.1. The van der Waals surface area contributed by atoms with Crippen LogP contribution >= 0.6 is 0 Å². The Morgan fingerprint density at radius 1 is 0.909 bits per heavy atom. The monoisotopic (exact) mass is 438 g/mol. The van der Waals surface area contributed by atoms with Crippen LogP contribution in [0.3, 0.4) is 0 Å². The van der Waals surface area contributed by atoms with E-state index < -0.39 is 5.41 Å². The number of hydrogen-bond acceptors (Lipinski definition) is 4. The highest BCUT2D eigenvalue weighted by Gasteiger charge is 2.26. The Bertz CT molecular complexity index is 1230. The lowest BCUT2D eigenvalue weighted by molar-refractivity contribution is 0.0957. The van der Waals surface area contributed by atoms with Crippen molar-refractivity contribution < 1.29 is 14.3 Å². The van der Waals surface area contributed by atoms with Crippen molar-refractivity contribution in [2.75, 3.05) is 6.79 Å². The predicted molar refractivity (Wildman–Crippen MR) is 128 cm³/mol. The van der Waals surface area contributed by atoms with E-state index in [9.17, 15) is 10.1 Å². The third-order valence-corrected chi connectivity index (χ3v) is 5.48. The number of carbonyl (C=O) groups is 1. The Labute approximate surface area is 194 Å². The summed E-state index contributed by atoms with van der Waals surface area (Å²) in [6.45, 7) is 6.07. The van der Waals surface area contributed by atoms with Gasteiger partial charge in [0.05, 0.1) is 5.57 Å². The third kappa shape index (κ3) is 5.07. The summed E-state index contributed by atoms with van der Waals surface area (Å²) in [5.41, 5.74) is 4.16. The van der Waals surface area contributed by atoms with Gasteiger partial charge in [0.25, 0.3) is 5.91 Å². The number of hydrogen-bond donors (Lipinski definition) is 1. The molecule has 0 unspecified atom stereocenters. The Balaban J connectivity index is 1.62. The standard InChI is InChI=1S/C28H26N2O3/c1-28(2,3)26(30-27(31)22-13-14-24-25(16-22)33-18-32-24)23(17-29)21-11-9-20(10-12-21)15-19-7-5-4-6-8-19/h4-14,16H,15,18H2,1-3H3,(H,30,31). The van der Waals surface area contributed by atoms with Crippen LogP contribution in [0.2, 0.25) is 0 Å². The van der Waals surface area contributed by atoms with Crippen molar-refractivity contribution in [3.05, 3.63) is 101 Å². The molecule has 0 aromatic heterocycles. The number of nitrogens with zero attached hydrogens (tertiary/aromatic N) is 1. The van der Waals surface area contributed by atoms with E-state index in [1.54, 1.807) is 18.2 Å². The lowest BCUT2D eigenvalue weighted by Crippen LogP contribution is -2.31. The molecule has 0 saturated heterocycles. The molecule has 1 amide bonds. The SMILES string of the molecule is CC(C)(C)C(NC(=O)c1ccc2c(c1)OCO2)=C(C#N)c1ccc(Cc2ccccc2)cc1. The van der Waals surface area contributed by atoms with E-state index in [1.165, 1.54) is 5.56 Å². The van der Waals surface area contributed by atoms with Crippen LogP contribution in [0.25, 0.3) is 5.57 Å². The highest BCUT2D eigenvalue weighted by Crippen LogP contribution is 2.34. The molecule has 5 nitrogen and oxygen atoms in total. The first-order chi connectivity index (χ1) is 15.8. The van der Waals surface area contributed by atoms with Crippen LogP contribution in [-0.2, 0) is 6.42 Å². The molecule has 0 spiro atoms. The van der Waals surface area contributed by atoms with Crippen LogP contribution in [0.4, 0.5) is 0 Å². The molecular weight excluding hydrogens is 412 g/mol. The summed E-state index contributed by atoms with van der Waals surface area (Å²) < 4.78 is 10.7. The van der Waals surface area contributed by atoms with Crippen molar-refractivity contribution in [3.63, 3.8) is 0 Å². The van der Waals surface area contributed by atoms with Crippen molar-refractivity contribution in [1.29, 1.82) is 5.26 Å². The molecule has 0 bridgehead atoms. The zero-order chi connectivity index (χ0) is 23.4. The van der Waals surface area contributed by atoms with Gasteiger partial charge in [-0.2, -0.15) is 5.26 Å². The van der Waals surface area contributed by atoms with E-state index in [1.807, 2.05) is 63.2 Å². The molecule has 166 valence electrons. The van der Waals surface area contributed by atoms with E-state index in [0.29, 0.717) is 28.3 Å². The van der Waals surface area contributed by atoms with Gasteiger partial charge in [0, 0.05) is 16.7 Å². The van der Waals surface area contributed by atoms with Crippen LogP contribution in [0.5, 0.6) is 11.5 Å². The zero-order valence-corrected chi connectivity index (χ0v) is 19.0. The topological polar surface area (TPSA) is 71.3 Å². The first-order valence-electron chi connectivity index (χ1n) is 10.8. The Morgan fingerprint density at radius 3 is 2.21 bits per heavy atom. The van der Waals surface area contributed by atoms with E-state index >= 15 is 0 Å². The van der Waals surface area contributed by atoms with E-state index in [-0.39, 0.29) is 12.7 Å². The van der Waals surface area contributed by atoms with Crippen LogP contribution in [0.15, 0.2) is 78.5 Å². The average molecular weight is 439 g/mol. The largest absolute Gasteiger partial charge is 0.454 e. The maximum absolute atomic E-state index is 13.1. The molecule has 0 radical (unpaired) electrons. The fourth-order valence-corrected chi connectivity index (χ4v) is 3.73. The summed E-state index contributed by atoms with van der Waals surface area (Å²) in [5, 5.41) is 13.0. The minimum Gasteiger partial charge on any atom is -0.454 e.